The molecule has 0 spiro atoms. The molecule has 1 fully saturated rings. The summed E-state index contributed by atoms with van der Waals surface area (Å²) in [5.74, 6) is -0.243. The predicted octanol–water partition coefficient (Wildman–Crippen LogP) is 5.28. The maximum absolute atomic E-state index is 12.9. The SMILES string of the molecule is N=C1SC(=Cc2ccc(OCc3ccc(F)cc3)cc2)C(=O)C1c1nccs1. The van der Waals surface area contributed by atoms with E-state index in [2.05, 4.69) is 4.98 Å². The Morgan fingerprint density at radius 1 is 1.14 bits per heavy atom. The van der Waals surface area contributed by atoms with E-state index in [9.17, 15) is 9.18 Å². The zero-order valence-corrected chi connectivity index (χ0v) is 16.2. The van der Waals surface area contributed by atoms with Crippen molar-refractivity contribution in [3.8, 4) is 5.75 Å². The van der Waals surface area contributed by atoms with Crippen molar-refractivity contribution in [3.05, 3.63) is 87.0 Å². The van der Waals surface area contributed by atoms with E-state index < -0.39 is 5.92 Å². The Hall–Kier alpha value is -2.77. The van der Waals surface area contributed by atoms with Gasteiger partial charge in [0.25, 0.3) is 0 Å². The molecule has 0 aliphatic carbocycles. The number of thioether (sulfide) groups is 1. The van der Waals surface area contributed by atoms with Gasteiger partial charge in [-0.1, -0.05) is 36.0 Å². The highest BCUT2D eigenvalue weighted by atomic mass is 32.2. The van der Waals surface area contributed by atoms with Crippen molar-refractivity contribution >= 4 is 40.0 Å². The summed E-state index contributed by atoms with van der Waals surface area (Å²) < 4.78 is 18.6. The van der Waals surface area contributed by atoms with E-state index in [0.29, 0.717) is 27.3 Å². The number of carbonyl (C=O) groups excluding carboxylic acids is 1. The van der Waals surface area contributed by atoms with E-state index in [1.165, 1.54) is 35.2 Å². The highest BCUT2D eigenvalue weighted by Crippen LogP contribution is 2.41. The molecular weight excluding hydrogens is 395 g/mol. The lowest BCUT2D eigenvalue weighted by Gasteiger charge is -2.06. The van der Waals surface area contributed by atoms with Crippen molar-refractivity contribution in [1.29, 1.82) is 5.41 Å². The molecule has 1 aromatic heterocycles. The minimum atomic E-state index is -0.574. The van der Waals surface area contributed by atoms with Gasteiger partial charge in [-0.15, -0.1) is 11.3 Å². The lowest BCUT2D eigenvalue weighted by molar-refractivity contribution is -0.114. The van der Waals surface area contributed by atoms with E-state index in [-0.39, 0.29) is 11.6 Å². The van der Waals surface area contributed by atoms with Crippen LogP contribution in [0.5, 0.6) is 5.75 Å². The van der Waals surface area contributed by atoms with Crippen LogP contribution in [0.25, 0.3) is 6.08 Å². The van der Waals surface area contributed by atoms with Crippen LogP contribution in [0.2, 0.25) is 0 Å². The van der Waals surface area contributed by atoms with Gasteiger partial charge in [-0.3, -0.25) is 10.2 Å². The maximum atomic E-state index is 12.9. The van der Waals surface area contributed by atoms with Crippen molar-refractivity contribution in [2.75, 3.05) is 0 Å². The highest BCUT2D eigenvalue weighted by molar-refractivity contribution is 8.19. The molecule has 140 valence electrons. The first-order valence-electron chi connectivity index (χ1n) is 8.49. The molecule has 1 atom stereocenters. The molecule has 0 saturated carbocycles. The van der Waals surface area contributed by atoms with Crippen molar-refractivity contribution < 1.29 is 13.9 Å². The van der Waals surface area contributed by atoms with Gasteiger partial charge in [-0.25, -0.2) is 9.37 Å². The van der Waals surface area contributed by atoms with Crippen molar-refractivity contribution in [3.63, 3.8) is 0 Å². The molecule has 0 amide bonds. The largest absolute Gasteiger partial charge is 0.489 e. The molecule has 1 N–H and O–H groups in total. The van der Waals surface area contributed by atoms with E-state index in [0.717, 1.165) is 11.1 Å². The van der Waals surface area contributed by atoms with Gasteiger partial charge in [-0.05, 0) is 41.5 Å². The van der Waals surface area contributed by atoms with E-state index in [1.807, 2.05) is 29.6 Å². The summed E-state index contributed by atoms with van der Waals surface area (Å²) in [4.78, 5) is 17.4. The molecule has 4 rings (SSSR count). The second-order valence-corrected chi connectivity index (χ2v) is 8.14. The number of hydrogen-bond acceptors (Lipinski definition) is 6. The molecule has 1 aliphatic rings. The van der Waals surface area contributed by atoms with Crippen molar-refractivity contribution in [2.24, 2.45) is 0 Å². The molecule has 3 aromatic rings. The molecule has 4 nitrogen and oxygen atoms in total. The standard InChI is InChI=1S/C21H15FN2O2S2/c22-15-5-1-14(2-6-15)12-26-16-7-3-13(4-8-16)11-17-19(25)18(20(23)28-17)21-24-9-10-27-21/h1-11,18,23H,12H2. The van der Waals surface area contributed by atoms with Crippen molar-refractivity contribution in [1.82, 2.24) is 4.98 Å². The number of Topliss-reactive ketones (excluding diaryl/α,β-unsaturated/α-hetero) is 1. The van der Waals surface area contributed by atoms with Gasteiger partial charge < -0.3 is 4.74 Å². The Bertz CT molecular complexity index is 1030. The Morgan fingerprint density at radius 2 is 1.89 bits per heavy atom. The number of benzene rings is 2. The maximum Gasteiger partial charge on any atom is 0.186 e. The Kier molecular flexibility index (Phi) is 5.36. The summed E-state index contributed by atoms with van der Waals surface area (Å²) in [5, 5.41) is 10.9. The van der Waals surface area contributed by atoms with Crippen LogP contribution in [-0.4, -0.2) is 15.8 Å². The van der Waals surface area contributed by atoms with Crippen molar-refractivity contribution in [2.45, 2.75) is 12.5 Å². The number of halogens is 1. The van der Waals surface area contributed by atoms with Crippen LogP contribution >= 0.6 is 23.1 Å². The molecule has 1 saturated heterocycles. The van der Waals surface area contributed by atoms with Gasteiger partial charge in [0.1, 0.15) is 29.1 Å². The van der Waals surface area contributed by atoms with Gasteiger partial charge in [-0.2, -0.15) is 0 Å². The highest BCUT2D eigenvalue weighted by Gasteiger charge is 2.38. The zero-order chi connectivity index (χ0) is 19.5. The summed E-state index contributed by atoms with van der Waals surface area (Å²) in [6, 6.07) is 13.5. The first-order chi connectivity index (χ1) is 13.6. The van der Waals surface area contributed by atoms with Gasteiger partial charge in [0, 0.05) is 11.6 Å². The molecule has 2 heterocycles. The quantitative estimate of drug-likeness (QED) is 0.582. The number of ether oxygens (including phenoxy) is 1. The third-order valence-electron chi connectivity index (χ3n) is 4.18. The summed E-state index contributed by atoms with van der Waals surface area (Å²) in [6.45, 7) is 0.349. The lowest BCUT2D eigenvalue weighted by Crippen LogP contribution is -2.11. The molecule has 28 heavy (non-hydrogen) atoms. The zero-order valence-electron chi connectivity index (χ0n) is 14.6. The first kappa shape index (κ1) is 18.6. The number of aromatic nitrogens is 1. The van der Waals surface area contributed by atoms with Gasteiger partial charge in [0.15, 0.2) is 5.78 Å². The fourth-order valence-electron chi connectivity index (χ4n) is 2.75. The second kappa shape index (κ2) is 8.08. The average molecular weight is 410 g/mol. The fraction of sp³-hybridized carbons (Fsp3) is 0.0952. The lowest BCUT2D eigenvalue weighted by atomic mass is 10.1. The smallest absolute Gasteiger partial charge is 0.186 e. The normalized spacial score (nSPS) is 18.0. The number of ketones is 1. The fourth-order valence-corrected chi connectivity index (χ4v) is 4.56. The van der Waals surface area contributed by atoms with Crippen LogP contribution in [0.1, 0.15) is 22.1 Å². The van der Waals surface area contributed by atoms with E-state index in [1.54, 1.807) is 24.4 Å². The number of rotatable bonds is 5. The summed E-state index contributed by atoms with van der Waals surface area (Å²) >= 11 is 2.58. The molecule has 0 radical (unpaired) electrons. The number of allylic oxidation sites excluding steroid dienone is 1. The average Bonchev–Trinajstić information content (AvgIpc) is 3.31. The minimum absolute atomic E-state index is 0.0819. The van der Waals surface area contributed by atoms with Crippen LogP contribution in [0, 0.1) is 11.2 Å². The van der Waals surface area contributed by atoms with Gasteiger partial charge >= 0.3 is 0 Å². The number of hydrogen-bond donors (Lipinski definition) is 1. The summed E-state index contributed by atoms with van der Waals surface area (Å²) in [6.07, 6.45) is 3.44. The third kappa shape index (κ3) is 4.05. The van der Waals surface area contributed by atoms with Gasteiger partial charge in [0.05, 0.1) is 9.95 Å². The molecule has 0 bridgehead atoms. The number of nitrogens with zero attached hydrogens (tertiary/aromatic N) is 1. The van der Waals surface area contributed by atoms with E-state index in [4.69, 9.17) is 10.1 Å². The topological polar surface area (TPSA) is 63.0 Å². The van der Waals surface area contributed by atoms with Crippen LogP contribution < -0.4 is 4.74 Å². The molecule has 2 aromatic carbocycles. The Morgan fingerprint density at radius 3 is 2.57 bits per heavy atom. The van der Waals surface area contributed by atoms with Crippen LogP contribution in [0.15, 0.2) is 65.0 Å². The number of nitrogens with one attached hydrogen (secondary N) is 1. The first-order valence-corrected chi connectivity index (χ1v) is 10.2. The van der Waals surface area contributed by atoms with Gasteiger partial charge in [0.2, 0.25) is 0 Å². The van der Waals surface area contributed by atoms with Crippen LogP contribution in [0.4, 0.5) is 4.39 Å². The molecular formula is C21H15FN2O2S2. The Labute approximate surface area is 169 Å². The van der Waals surface area contributed by atoms with Crippen LogP contribution in [-0.2, 0) is 11.4 Å². The predicted molar refractivity (Wildman–Crippen MR) is 110 cm³/mol. The number of carbonyl (C=O) groups is 1. The molecule has 1 unspecified atom stereocenters. The van der Waals surface area contributed by atoms with Crippen LogP contribution in [0.3, 0.4) is 0 Å². The number of thiazole rings is 1. The Balaban J connectivity index is 1.43. The molecule has 1 aliphatic heterocycles. The third-order valence-corrected chi connectivity index (χ3v) is 6.02. The molecule has 7 heteroatoms. The minimum Gasteiger partial charge on any atom is -0.489 e. The summed E-state index contributed by atoms with van der Waals surface area (Å²) in [5.41, 5.74) is 1.74. The monoisotopic (exact) mass is 410 g/mol. The summed E-state index contributed by atoms with van der Waals surface area (Å²) in [7, 11) is 0. The van der Waals surface area contributed by atoms with E-state index >= 15 is 0 Å². The second-order valence-electron chi connectivity index (χ2n) is 6.13.